The van der Waals surface area contributed by atoms with Crippen molar-refractivity contribution in [2.24, 2.45) is 0 Å². The Kier molecular flexibility index (Phi) is 3.56. The molecule has 0 N–H and O–H groups in total. The summed E-state index contributed by atoms with van der Waals surface area (Å²) in [7, 11) is 2.08. The molecule has 0 bridgehead atoms. The Morgan fingerprint density at radius 2 is 2.44 bits per heavy atom. The Balaban J connectivity index is 1.80. The lowest BCUT2D eigenvalue weighted by atomic mass is 10.0. The van der Waals surface area contributed by atoms with Crippen molar-refractivity contribution >= 4 is 6.09 Å². The van der Waals surface area contributed by atoms with Gasteiger partial charge in [-0.25, -0.2) is 14.3 Å². The van der Waals surface area contributed by atoms with Gasteiger partial charge in [0.2, 0.25) is 0 Å². The van der Waals surface area contributed by atoms with Crippen LogP contribution in [-0.4, -0.2) is 46.8 Å². The normalized spacial score (nSPS) is 21.9. The Labute approximate surface area is 95.0 Å². The number of hydrogen-bond donors (Lipinski definition) is 0. The number of likely N-dealkylation sites (N-methyl/N-ethyl adjacent to an activating group) is 1. The summed E-state index contributed by atoms with van der Waals surface area (Å²) in [6.07, 6.45) is 7.82. The second-order valence-electron chi connectivity index (χ2n) is 4.18. The maximum Gasteiger partial charge on any atom is 0.419 e. The van der Waals surface area contributed by atoms with Gasteiger partial charge in [-0.1, -0.05) is 6.42 Å². The van der Waals surface area contributed by atoms with Crippen LogP contribution in [0.1, 0.15) is 19.3 Å². The first-order chi connectivity index (χ1) is 7.77. The summed E-state index contributed by atoms with van der Waals surface area (Å²) < 4.78 is 6.59. The molecule has 1 saturated heterocycles. The van der Waals surface area contributed by atoms with Gasteiger partial charge in [0.05, 0.1) is 0 Å². The molecule has 0 saturated carbocycles. The topological polar surface area (TPSA) is 47.4 Å². The highest BCUT2D eigenvalue weighted by atomic mass is 16.5. The summed E-state index contributed by atoms with van der Waals surface area (Å²) in [5.41, 5.74) is 0. The summed E-state index contributed by atoms with van der Waals surface area (Å²) in [5, 5.41) is 0. The van der Waals surface area contributed by atoms with E-state index in [-0.39, 0.29) is 6.09 Å². The quantitative estimate of drug-likeness (QED) is 0.759. The second-order valence-corrected chi connectivity index (χ2v) is 4.18. The maximum atomic E-state index is 11.5. The molecule has 1 fully saturated rings. The fraction of sp³-hybridized carbons (Fsp3) is 0.636. The van der Waals surface area contributed by atoms with E-state index < -0.39 is 0 Å². The number of carbonyl (C=O) groups is 1. The number of nitrogens with zero attached hydrogens (tertiary/aromatic N) is 3. The molecule has 1 aromatic heterocycles. The van der Waals surface area contributed by atoms with Crippen LogP contribution in [0.2, 0.25) is 0 Å². The van der Waals surface area contributed by atoms with Crippen LogP contribution < -0.4 is 0 Å². The fourth-order valence-corrected chi connectivity index (χ4v) is 1.96. The summed E-state index contributed by atoms with van der Waals surface area (Å²) in [6.45, 7) is 1.56. The molecule has 0 spiro atoms. The molecule has 88 valence electrons. The number of piperidine rings is 1. The smallest absolute Gasteiger partial charge is 0.419 e. The van der Waals surface area contributed by atoms with Gasteiger partial charge < -0.3 is 9.64 Å². The lowest BCUT2D eigenvalue weighted by Crippen LogP contribution is -2.40. The van der Waals surface area contributed by atoms with Gasteiger partial charge in [-0.3, -0.25) is 0 Å². The highest BCUT2D eigenvalue weighted by molar-refractivity contribution is 5.69. The third-order valence-corrected chi connectivity index (χ3v) is 3.04. The van der Waals surface area contributed by atoms with E-state index in [1.165, 1.54) is 23.7 Å². The molecule has 0 radical (unpaired) electrons. The van der Waals surface area contributed by atoms with Crippen molar-refractivity contribution in [1.29, 1.82) is 0 Å². The first kappa shape index (κ1) is 11.1. The van der Waals surface area contributed by atoms with Gasteiger partial charge in [0, 0.05) is 18.4 Å². The molecule has 0 aliphatic carbocycles. The number of ether oxygens (including phenoxy) is 1. The molecule has 16 heavy (non-hydrogen) atoms. The lowest BCUT2D eigenvalue weighted by molar-refractivity contribution is 0.0839. The minimum atomic E-state index is -0.350. The Hall–Kier alpha value is -1.36. The molecule has 0 aromatic carbocycles. The largest absolute Gasteiger partial charge is 0.447 e. The van der Waals surface area contributed by atoms with Crippen LogP contribution in [0.5, 0.6) is 0 Å². The average molecular weight is 223 g/mol. The highest BCUT2D eigenvalue weighted by Crippen LogP contribution is 2.15. The van der Waals surface area contributed by atoms with Crippen molar-refractivity contribution in [3.05, 3.63) is 18.7 Å². The minimum absolute atomic E-state index is 0.350. The first-order valence-corrected chi connectivity index (χ1v) is 5.62. The van der Waals surface area contributed by atoms with E-state index in [0.717, 1.165) is 13.0 Å². The number of hydrogen-bond acceptors (Lipinski definition) is 4. The SMILES string of the molecule is CN1CCCCC1COC(=O)n1ccnc1. The van der Waals surface area contributed by atoms with Crippen molar-refractivity contribution < 1.29 is 9.53 Å². The molecule has 2 rings (SSSR count). The molecule has 5 heteroatoms. The van der Waals surface area contributed by atoms with E-state index in [4.69, 9.17) is 4.74 Å². The summed E-state index contributed by atoms with van der Waals surface area (Å²) >= 11 is 0. The van der Waals surface area contributed by atoms with Crippen LogP contribution in [0.3, 0.4) is 0 Å². The van der Waals surface area contributed by atoms with E-state index in [0.29, 0.717) is 12.6 Å². The molecular weight excluding hydrogens is 206 g/mol. The van der Waals surface area contributed by atoms with Crippen molar-refractivity contribution in [2.45, 2.75) is 25.3 Å². The number of likely N-dealkylation sites (tertiary alicyclic amines) is 1. The van der Waals surface area contributed by atoms with Crippen LogP contribution >= 0.6 is 0 Å². The van der Waals surface area contributed by atoms with Gasteiger partial charge in [0.25, 0.3) is 0 Å². The number of carbonyl (C=O) groups excluding carboxylic acids is 1. The van der Waals surface area contributed by atoms with Gasteiger partial charge in [-0.05, 0) is 26.4 Å². The predicted molar refractivity (Wildman–Crippen MR) is 59.2 cm³/mol. The highest BCUT2D eigenvalue weighted by Gasteiger charge is 2.20. The van der Waals surface area contributed by atoms with Crippen molar-refractivity contribution in [3.63, 3.8) is 0 Å². The van der Waals surface area contributed by atoms with E-state index in [1.54, 1.807) is 12.4 Å². The lowest BCUT2D eigenvalue weighted by Gasteiger charge is -2.31. The van der Waals surface area contributed by atoms with Gasteiger partial charge in [0.15, 0.2) is 0 Å². The van der Waals surface area contributed by atoms with Gasteiger partial charge in [-0.2, -0.15) is 0 Å². The Morgan fingerprint density at radius 3 is 3.12 bits per heavy atom. The molecule has 1 atom stereocenters. The van der Waals surface area contributed by atoms with Crippen LogP contribution in [-0.2, 0) is 4.74 Å². The predicted octanol–water partition coefficient (Wildman–Crippen LogP) is 1.35. The third-order valence-electron chi connectivity index (χ3n) is 3.04. The maximum absolute atomic E-state index is 11.5. The standard InChI is InChI=1S/C11H17N3O2/c1-13-6-3-2-4-10(13)8-16-11(15)14-7-5-12-9-14/h5,7,9-10H,2-4,6,8H2,1H3. The van der Waals surface area contributed by atoms with Crippen LogP contribution in [0.15, 0.2) is 18.7 Å². The number of imidazole rings is 1. The summed E-state index contributed by atoms with van der Waals surface area (Å²) in [5.74, 6) is 0. The van der Waals surface area contributed by atoms with Gasteiger partial charge in [0.1, 0.15) is 12.9 Å². The van der Waals surface area contributed by atoms with E-state index >= 15 is 0 Å². The zero-order valence-corrected chi connectivity index (χ0v) is 9.50. The molecule has 1 aliphatic heterocycles. The van der Waals surface area contributed by atoms with Crippen LogP contribution in [0.4, 0.5) is 4.79 Å². The second kappa shape index (κ2) is 5.12. The van der Waals surface area contributed by atoms with E-state index in [9.17, 15) is 4.79 Å². The summed E-state index contributed by atoms with van der Waals surface area (Å²) in [4.78, 5) is 17.6. The zero-order chi connectivity index (χ0) is 11.4. The molecule has 1 aromatic rings. The molecule has 2 heterocycles. The van der Waals surface area contributed by atoms with E-state index in [2.05, 4.69) is 16.9 Å². The third kappa shape index (κ3) is 2.61. The molecular formula is C11H17N3O2. The van der Waals surface area contributed by atoms with Crippen LogP contribution in [0.25, 0.3) is 0 Å². The van der Waals surface area contributed by atoms with Gasteiger partial charge in [-0.15, -0.1) is 0 Å². The van der Waals surface area contributed by atoms with Crippen LogP contribution in [0, 0.1) is 0 Å². The van der Waals surface area contributed by atoms with Crippen molar-refractivity contribution in [2.75, 3.05) is 20.2 Å². The average Bonchev–Trinajstić information content (AvgIpc) is 2.81. The molecule has 1 unspecified atom stereocenters. The van der Waals surface area contributed by atoms with Crippen molar-refractivity contribution in [3.8, 4) is 0 Å². The minimum Gasteiger partial charge on any atom is -0.447 e. The summed E-state index contributed by atoms with van der Waals surface area (Å²) in [6, 6.07) is 0.362. The molecule has 0 amide bonds. The van der Waals surface area contributed by atoms with Gasteiger partial charge >= 0.3 is 6.09 Å². The fourth-order valence-electron chi connectivity index (χ4n) is 1.96. The number of rotatable bonds is 2. The van der Waals surface area contributed by atoms with Crippen molar-refractivity contribution in [1.82, 2.24) is 14.5 Å². The zero-order valence-electron chi connectivity index (χ0n) is 9.50. The molecule has 1 aliphatic rings. The monoisotopic (exact) mass is 223 g/mol. The van der Waals surface area contributed by atoms with E-state index in [1.807, 2.05) is 0 Å². The Morgan fingerprint density at radius 1 is 1.56 bits per heavy atom. The Bertz CT molecular complexity index is 337. The first-order valence-electron chi connectivity index (χ1n) is 5.62. The number of aromatic nitrogens is 2. The molecule has 5 nitrogen and oxygen atoms in total.